The number of hydrogen-bond donors (Lipinski definition) is 1. The van der Waals surface area contributed by atoms with E-state index in [9.17, 15) is 14.0 Å². The monoisotopic (exact) mass is 380 g/mol. The van der Waals surface area contributed by atoms with Crippen LogP contribution in [0.4, 0.5) is 10.1 Å². The lowest BCUT2D eigenvalue weighted by Crippen LogP contribution is -2.33. The van der Waals surface area contributed by atoms with Gasteiger partial charge in [-0.25, -0.2) is 9.37 Å². The standard InChI is InChI=1S/C21H21FN4O2/c22-17-4-6-18(7-5-17)26-14-16(13-19(26)27)21(28)24-10-2-11-25-12-8-15-3-1-9-23-20(15)25/h1,3-9,12,16H,2,10-11,13-14H2,(H,24,28)/t16-/m0/s1. The maximum atomic E-state index is 13.1. The Labute approximate surface area is 162 Å². The van der Waals surface area contributed by atoms with Crippen molar-refractivity contribution in [3.63, 3.8) is 0 Å². The second-order valence-corrected chi connectivity index (χ2v) is 6.95. The minimum atomic E-state index is -0.383. The lowest BCUT2D eigenvalue weighted by molar-refractivity contribution is -0.126. The van der Waals surface area contributed by atoms with E-state index in [4.69, 9.17) is 0 Å². The van der Waals surface area contributed by atoms with Crippen molar-refractivity contribution in [3.05, 3.63) is 60.7 Å². The topological polar surface area (TPSA) is 67.2 Å². The first-order valence-electron chi connectivity index (χ1n) is 9.35. The Bertz CT molecular complexity index is 999. The number of hydrogen-bond acceptors (Lipinski definition) is 3. The summed E-state index contributed by atoms with van der Waals surface area (Å²) in [5, 5.41) is 4.02. The summed E-state index contributed by atoms with van der Waals surface area (Å²) in [6, 6.07) is 11.7. The van der Waals surface area contributed by atoms with Gasteiger partial charge >= 0.3 is 0 Å². The van der Waals surface area contributed by atoms with E-state index >= 15 is 0 Å². The first-order chi connectivity index (χ1) is 13.6. The second-order valence-electron chi connectivity index (χ2n) is 6.95. The predicted octanol–water partition coefficient (Wildman–Crippen LogP) is 2.73. The summed E-state index contributed by atoms with van der Waals surface area (Å²) in [5.74, 6) is -0.966. The van der Waals surface area contributed by atoms with E-state index in [1.807, 2.05) is 24.4 Å². The van der Waals surface area contributed by atoms with Gasteiger partial charge in [0.2, 0.25) is 11.8 Å². The van der Waals surface area contributed by atoms with Crippen LogP contribution in [0.5, 0.6) is 0 Å². The largest absolute Gasteiger partial charge is 0.356 e. The van der Waals surface area contributed by atoms with Gasteiger partial charge in [-0.1, -0.05) is 0 Å². The van der Waals surface area contributed by atoms with Gasteiger partial charge in [0.05, 0.1) is 5.92 Å². The number of anilines is 1. The van der Waals surface area contributed by atoms with Crippen LogP contribution in [0.25, 0.3) is 11.0 Å². The highest BCUT2D eigenvalue weighted by molar-refractivity contribution is 6.00. The molecule has 2 aromatic heterocycles. The fourth-order valence-corrected chi connectivity index (χ4v) is 3.56. The molecule has 7 heteroatoms. The van der Waals surface area contributed by atoms with Gasteiger partial charge < -0.3 is 14.8 Å². The molecule has 1 atom stereocenters. The van der Waals surface area contributed by atoms with Crippen molar-refractivity contribution in [1.82, 2.24) is 14.9 Å². The van der Waals surface area contributed by atoms with Crippen LogP contribution < -0.4 is 10.2 Å². The number of fused-ring (bicyclic) bond motifs is 1. The van der Waals surface area contributed by atoms with Crippen molar-refractivity contribution >= 4 is 28.5 Å². The minimum absolute atomic E-state index is 0.114. The van der Waals surface area contributed by atoms with Gasteiger partial charge in [0, 0.05) is 49.5 Å². The molecular weight excluding hydrogens is 359 g/mol. The van der Waals surface area contributed by atoms with Gasteiger partial charge in [-0.15, -0.1) is 0 Å². The highest BCUT2D eigenvalue weighted by Crippen LogP contribution is 2.25. The summed E-state index contributed by atoms with van der Waals surface area (Å²) in [6.07, 6.45) is 4.71. The number of aromatic nitrogens is 2. The third kappa shape index (κ3) is 3.74. The molecule has 0 unspecified atom stereocenters. The average molecular weight is 380 g/mol. The number of aryl methyl sites for hydroxylation is 1. The SMILES string of the molecule is O=C(NCCCn1ccc2cccnc21)[C@H]1CC(=O)N(c2ccc(F)cc2)C1. The van der Waals surface area contributed by atoms with Crippen molar-refractivity contribution in [3.8, 4) is 0 Å². The molecule has 1 fully saturated rings. The molecule has 6 nitrogen and oxygen atoms in total. The predicted molar refractivity (Wildman–Crippen MR) is 104 cm³/mol. The zero-order valence-electron chi connectivity index (χ0n) is 15.3. The molecule has 1 N–H and O–H groups in total. The summed E-state index contributed by atoms with van der Waals surface area (Å²) in [4.78, 5) is 30.6. The molecule has 1 saturated heterocycles. The summed E-state index contributed by atoms with van der Waals surface area (Å²) in [6.45, 7) is 1.61. The molecule has 0 saturated carbocycles. The Morgan fingerprint density at radius 3 is 2.86 bits per heavy atom. The summed E-state index contributed by atoms with van der Waals surface area (Å²) in [5.41, 5.74) is 1.55. The zero-order valence-corrected chi connectivity index (χ0v) is 15.3. The van der Waals surface area contributed by atoms with Crippen LogP contribution in [0.1, 0.15) is 12.8 Å². The quantitative estimate of drug-likeness (QED) is 0.669. The molecular formula is C21H21FN4O2. The molecule has 0 bridgehead atoms. The van der Waals surface area contributed by atoms with Gasteiger partial charge in [-0.2, -0.15) is 0 Å². The Morgan fingerprint density at radius 2 is 2.04 bits per heavy atom. The normalized spacial score (nSPS) is 16.7. The number of halogens is 1. The van der Waals surface area contributed by atoms with Crippen LogP contribution in [-0.2, 0) is 16.1 Å². The summed E-state index contributed by atoms with van der Waals surface area (Å²) in [7, 11) is 0. The molecule has 28 heavy (non-hydrogen) atoms. The fourth-order valence-electron chi connectivity index (χ4n) is 3.56. The van der Waals surface area contributed by atoms with Crippen molar-refractivity contribution in [2.75, 3.05) is 18.0 Å². The molecule has 1 aliphatic heterocycles. The third-order valence-corrected chi connectivity index (χ3v) is 5.03. The lowest BCUT2D eigenvalue weighted by atomic mass is 10.1. The van der Waals surface area contributed by atoms with Crippen LogP contribution in [0, 0.1) is 11.7 Å². The van der Waals surface area contributed by atoms with Crippen LogP contribution in [-0.4, -0.2) is 34.5 Å². The summed E-state index contributed by atoms with van der Waals surface area (Å²) >= 11 is 0. The van der Waals surface area contributed by atoms with E-state index in [-0.39, 0.29) is 30.0 Å². The lowest BCUT2D eigenvalue weighted by Gasteiger charge is -2.16. The van der Waals surface area contributed by atoms with Gasteiger partial charge in [0.1, 0.15) is 11.5 Å². The minimum Gasteiger partial charge on any atom is -0.356 e. The highest BCUT2D eigenvalue weighted by atomic mass is 19.1. The zero-order chi connectivity index (χ0) is 19.5. The molecule has 0 aliphatic carbocycles. The first-order valence-corrected chi connectivity index (χ1v) is 9.35. The van der Waals surface area contributed by atoms with Gasteiger partial charge in [-0.3, -0.25) is 9.59 Å². The van der Waals surface area contributed by atoms with Crippen LogP contribution in [0.15, 0.2) is 54.9 Å². The smallest absolute Gasteiger partial charge is 0.227 e. The Morgan fingerprint density at radius 1 is 1.21 bits per heavy atom. The molecule has 0 spiro atoms. The maximum absolute atomic E-state index is 13.1. The Balaban J connectivity index is 1.27. The Hall–Kier alpha value is -3.22. The Kier molecular flexibility index (Phi) is 5.06. The average Bonchev–Trinajstić information content (AvgIpc) is 3.29. The van der Waals surface area contributed by atoms with Crippen LogP contribution >= 0.6 is 0 Å². The van der Waals surface area contributed by atoms with Crippen molar-refractivity contribution in [2.24, 2.45) is 5.92 Å². The highest BCUT2D eigenvalue weighted by Gasteiger charge is 2.34. The van der Waals surface area contributed by atoms with Crippen LogP contribution in [0.2, 0.25) is 0 Å². The number of amides is 2. The number of carbonyl (C=O) groups is 2. The molecule has 144 valence electrons. The van der Waals surface area contributed by atoms with Gasteiger partial charge in [0.25, 0.3) is 0 Å². The van der Waals surface area contributed by atoms with E-state index in [0.29, 0.717) is 18.8 Å². The van der Waals surface area contributed by atoms with Crippen LogP contribution in [0.3, 0.4) is 0 Å². The van der Waals surface area contributed by atoms with E-state index in [1.54, 1.807) is 23.2 Å². The molecule has 3 aromatic rings. The molecule has 1 aromatic carbocycles. The summed E-state index contributed by atoms with van der Waals surface area (Å²) < 4.78 is 15.1. The molecule has 1 aliphatic rings. The van der Waals surface area contributed by atoms with E-state index in [0.717, 1.165) is 24.0 Å². The molecule has 3 heterocycles. The molecule has 2 amide bonds. The number of nitrogens with zero attached hydrogens (tertiary/aromatic N) is 3. The number of benzene rings is 1. The second kappa shape index (κ2) is 7.80. The van der Waals surface area contributed by atoms with Crippen molar-refractivity contribution < 1.29 is 14.0 Å². The molecule has 4 rings (SSSR count). The number of rotatable bonds is 6. The first kappa shape index (κ1) is 18.2. The number of carbonyl (C=O) groups excluding carboxylic acids is 2. The van der Waals surface area contributed by atoms with Gasteiger partial charge in [-0.05, 0) is 48.9 Å². The molecule has 0 radical (unpaired) electrons. The van der Waals surface area contributed by atoms with E-state index in [2.05, 4.69) is 14.9 Å². The van der Waals surface area contributed by atoms with E-state index in [1.165, 1.54) is 12.1 Å². The maximum Gasteiger partial charge on any atom is 0.227 e. The van der Waals surface area contributed by atoms with Crippen molar-refractivity contribution in [2.45, 2.75) is 19.4 Å². The third-order valence-electron chi connectivity index (χ3n) is 5.03. The number of pyridine rings is 1. The van der Waals surface area contributed by atoms with Gasteiger partial charge in [0.15, 0.2) is 0 Å². The number of nitrogens with one attached hydrogen (secondary N) is 1. The van der Waals surface area contributed by atoms with E-state index < -0.39 is 0 Å². The fraction of sp³-hybridized carbons (Fsp3) is 0.286. The van der Waals surface area contributed by atoms with Crippen molar-refractivity contribution in [1.29, 1.82) is 0 Å².